The molecule has 2 rings (SSSR count). The number of rotatable bonds is 6. The van der Waals surface area contributed by atoms with Crippen molar-refractivity contribution >= 4 is 11.3 Å². The van der Waals surface area contributed by atoms with E-state index in [4.69, 9.17) is 0 Å². The number of nitrogens with one attached hydrogen (secondary N) is 1. The number of hydrogen-bond acceptors (Lipinski definition) is 2. The number of hydrogen-bond donors (Lipinski definition) is 1. The van der Waals surface area contributed by atoms with Gasteiger partial charge in [0.25, 0.3) is 0 Å². The predicted molar refractivity (Wildman–Crippen MR) is 94.4 cm³/mol. The summed E-state index contributed by atoms with van der Waals surface area (Å²) in [6.45, 7) is 12.1. The third-order valence-electron chi connectivity index (χ3n) is 3.97. The van der Waals surface area contributed by atoms with Gasteiger partial charge >= 0.3 is 0 Å². The fraction of sp³-hybridized carbons (Fsp3) is 0.474. The van der Waals surface area contributed by atoms with Crippen molar-refractivity contribution in [2.24, 2.45) is 0 Å². The van der Waals surface area contributed by atoms with Gasteiger partial charge in [-0.1, -0.05) is 30.7 Å². The van der Waals surface area contributed by atoms with Gasteiger partial charge in [0, 0.05) is 15.8 Å². The van der Waals surface area contributed by atoms with Crippen LogP contribution >= 0.6 is 11.3 Å². The van der Waals surface area contributed by atoms with Gasteiger partial charge in [0.05, 0.1) is 0 Å². The van der Waals surface area contributed by atoms with Gasteiger partial charge in [-0.3, -0.25) is 0 Å². The summed E-state index contributed by atoms with van der Waals surface area (Å²) in [6, 6.07) is 9.53. The van der Waals surface area contributed by atoms with Crippen LogP contribution in [0.15, 0.2) is 24.3 Å². The summed E-state index contributed by atoms with van der Waals surface area (Å²) >= 11 is 1.94. The molecule has 2 aromatic rings. The van der Waals surface area contributed by atoms with Crippen molar-refractivity contribution < 1.29 is 0 Å². The molecule has 0 bridgehead atoms. The van der Waals surface area contributed by atoms with Crippen molar-refractivity contribution in [1.82, 2.24) is 5.32 Å². The molecule has 1 nitrogen and oxygen atoms in total. The Labute approximate surface area is 133 Å². The molecule has 0 amide bonds. The second kappa shape index (κ2) is 7.24. The Morgan fingerprint density at radius 1 is 1.05 bits per heavy atom. The molecule has 114 valence electrons. The van der Waals surface area contributed by atoms with Gasteiger partial charge in [-0.15, -0.1) is 11.3 Å². The highest BCUT2D eigenvalue weighted by Gasteiger charge is 2.17. The lowest BCUT2D eigenvalue weighted by Gasteiger charge is -2.20. The van der Waals surface area contributed by atoms with E-state index in [1.54, 1.807) is 0 Å². The van der Waals surface area contributed by atoms with Gasteiger partial charge in [0.2, 0.25) is 0 Å². The lowest BCUT2D eigenvalue weighted by atomic mass is 9.97. The smallest absolute Gasteiger partial charge is 0.0458 e. The Balaban J connectivity index is 2.28. The minimum atomic E-state index is 0.434. The van der Waals surface area contributed by atoms with E-state index >= 15 is 0 Å². The van der Waals surface area contributed by atoms with Gasteiger partial charge in [0.1, 0.15) is 0 Å². The third-order valence-corrected chi connectivity index (χ3v) is 5.23. The predicted octanol–water partition coefficient (Wildman–Crippen LogP) is 5.27. The molecular weight excluding hydrogens is 274 g/mol. The van der Waals surface area contributed by atoms with Crippen molar-refractivity contribution in [3.8, 4) is 0 Å². The number of thiophene rings is 1. The normalized spacial score (nSPS) is 12.6. The molecule has 0 aliphatic heterocycles. The summed E-state index contributed by atoms with van der Waals surface area (Å²) in [5, 5.41) is 3.75. The van der Waals surface area contributed by atoms with Crippen molar-refractivity contribution in [2.75, 3.05) is 6.54 Å². The lowest BCUT2D eigenvalue weighted by molar-refractivity contribution is 0.534. The highest BCUT2D eigenvalue weighted by molar-refractivity contribution is 7.12. The first-order valence-corrected chi connectivity index (χ1v) is 8.69. The van der Waals surface area contributed by atoms with Crippen LogP contribution in [0.2, 0.25) is 0 Å². The number of aryl methyl sites for hydroxylation is 4. The molecule has 1 aromatic carbocycles. The standard InChI is InChI=1S/C19H27NS/c1-6-9-20-18(19-15(4)11-16(5)21-19)12-17-10-13(2)7-8-14(17)3/h7-8,10-11,18,20H,6,9,12H2,1-5H3. The Bertz CT molecular complexity index is 598. The summed E-state index contributed by atoms with van der Waals surface area (Å²) in [4.78, 5) is 2.91. The first-order valence-electron chi connectivity index (χ1n) is 7.87. The monoisotopic (exact) mass is 301 g/mol. The fourth-order valence-electron chi connectivity index (χ4n) is 2.82. The minimum Gasteiger partial charge on any atom is -0.309 e. The van der Waals surface area contributed by atoms with E-state index in [0.29, 0.717) is 6.04 Å². The summed E-state index contributed by atoms with van der Waals surface area (Å²) in [6.07, 6.45) is 2.25. The van der Waals surface area contributed by atoms with Crippen LogP contribution in [-0.2, 0) is 6.42 Å². The van der Waals surface area contributed by atoms with E-state index in [1.165, 1.54) is 38.4 Å². The average Bonchev–Trinajstić information content (AvgIpc) is 2.77. The first kappa shape index (κ1) is 16.3. The van der Waals surface area contributed by atoms with Crippen molar-refractivity contribution in [3.05, 3.63) is 56.3 Å². The van der Waals surface area contributed by atoms with Crippen LogP contribution in [0.1, 0.15) is 51.4 Å². The largest absolute Gasteiger partial charge is 0.309 e. The van der Waals surface area contributed by atoms with Crippen LogP contribution in [0.3, 0.4) is 0 Å². The molecule has 1 heterocycles. The molecule has 2 heteroatoms. The molecule has 0 radical (unpaired) electrons. The quantitative estimate of drug-likeness (QED) is 0.767. The maximum absolute atomic E-state index is 3.75. The minimum absolute atomic E-state index is 0.434. The third kappa shape index (κ3) is 4.18. The molecule has 0 spiro atoms. The van der Waals surface area contributed by atoms with Gasteiger partial charge < -0.3 is 5.32 Å². The second-order valence-corrected chi connectivity index (χ2v) is 7.33. The van der Waals surface area contributed by atoms with E-state index in [2.05, 4.69) is 64.2 Å². The second-order valence-electron chi connectivity index (χ2n) is 6.05. The molecule has 0 saturated carbocycles. The maximum atomic E-state index is 3.75. The molecule has 21 heavy (non-hydrogen) atoms. The van der Waals surface area contributed by atoms with Crippen LogP contribution in [0, 0.1) is 27.7 Å². The molecule has 1 unspecified atom stereocenters. The highest BCUT2D eigenvalue weighted by Crippen LogP contribution is 2.30. The maximum Gasteiger partial charge on any atom is 0.0458 e. The average molecular weight is 301 g/mol. The van der Waals surface area contributed by atoms with Gasteiger partial charge in [-0.05, 0) is 69.8 Å². The summed E-state index contributed by atoms with van der Waals surface area (Å²) in [5.41, 5.74) is 5.64. The molecule has 1 N–H and O–H groups in total. The molecule has 0 aliphatic rings. The van der Waals surface area contributed by atoms with E-state index in [9.17, 15) is 0 Å². The number of benzene rings is 1. The van der Waals surface area contributed by atoms with E-state index in [0.717, 1.165) is 13.0 Å². The highest BCUT2D eigenvalue weighted by atomic mass is 32.1. The van der Waals surface area contributed by atoms with Crippen LogP contribution in [0.4, 0.5) is 0 Å². The zero-order valence-electron chi connectivity index (χ0n) is 13.9. The Morgan fingerprint density at radius 2 is 1.81 bits per heavy atom. The first-order chi connectivity index (χ1) is 10.0. The van der Waals surface area contributed by atoms with Gasteiger partial charge in [-0.2, -0.15) is 0 Å². The molecular formula is C19H27NS. The summed E-state index contributed by atoms with van der Waals surface area (Å²) in [5.74, 6) is 0. The van der Waals surface area contributed by atoms with E-state index < -0.39 is 0 Å². The SMILES string of the molecule is CCCNC(Cc1cc(C)ccc1C)c1sc(C)cc1C. The van der Waals surface area contributed by atoms with Crippen LogP contribution in [0.25, 0.3) is 0 Å². The lowest BCUT2D eigenvalue weighted by Crippen LogP contribution is -2.24. The Morgan fingerprint density at radius 3 is 2.43 bits per heavy atom. The zero-order valence-corrected chi connectivity index (χ0v) is 14.7. The van der Waals surface area contributed by atoms with Crippen LogP contribution < -0.4 is 5.32 Å². The zero-order chi connectivity index (χ0) is 15.4. The molecule has 0 aliphatic carbocycles. The van der Waals surface area contributed by atoms with Crippen molar-refractivity contribution in [3.63, 3.8) is 0 Å². The van der Waals surface area contributed by atoms with Gasteiger partial charge in [-0.25, -0.2) is 0 Å². The molecule has 0 fully saturated rings. The molecule has 1 aromatic heterocycles. The topological polar surface area (TPSA) is 12.0 Å². The Kier molecular flexibility index (Phi) is 5.60. The van der Waals surface area contributed by atoms with Crippen LogP contribution in [0.5, 0.6) is 0 Å². The van der Waals surface area contributed by atoms with Crippen molar-refractivity contribution in [2.45, 2.75) is 53.5 Å². The summed E-state index contributed by atoms with van der Waals surface area (Å²) < 4.78 is 0. The van der Waals surface area contributed by atoms with Crippen molar-refractivity contribution in [1.29, 1.82) is 0 Å². The fourth-order valence-corrected chi connectivity index (χ4v) is 3.93. The van der Waals surface area contributed by atoms with E-state index in [1.807, 2.05) is 11.3 Å². The van der Waals surface area contributed by atoms with Gasteiger partial charge in [0.15, 0.2) is 0 Å². The Hall–Kier alpha value is -1.12. The molecule has 1 atom stereocenters. The summed E-state index contributed by atoms with van der Waals surface area (Å²) in [7, 11) is 0. The van der Waals surface area contributed by atoms with Crippen LogP contribution in [-0.4, -0.2) is 6.54 Å². The van der Waals surface area contributed by atoms with E-state index in [-0.39, 0.29) is 0 Å². The molecule has 0 saturated heterocycles.